The highest BCUT2D eigenvalue weighted by atomic mass is 35.5. The van der Waals surface area contributed by atoms with Crippen LogP contribution in [-0.2, 0) is 9.59 Å². The van der Waals surface area contributed by atoms with Gasteiger partial charge in [-0.15, -0.1) is 0 Å². The molecule has 1 N–H and O–H groups in total. The highest BCUT2D eigenvalue weighted by Gasteiger charge is 2.27. The van der Waals surface area contributed by atoms with E-state index in [4.69, 9.17) is 16.3 Å². The van der Waals surface area contributed by atoms with E-state index < -0.39 is 0 Å². The molecule has 0 spiro atoms. The van der Waals surface area contributed by atoms with Gasteiger partial charge in [-0.2, -0.15) is 0 Å². The first-order valence-electron chi connectivity index (χ1n) is 8.75. The molecule has 0 aliphatic carbocycles. The van der Waals surface area contributed by atoms with Gasteiger partial charge < -0.3 is 15.0 Å². The summed E-state index contributed by atoms with van der Waals surface area (Å²) in [5.74, 6) is 0.475. The van der Waals surface area contributed by atoms with E-state index in [0.29, 0.717) is 23.9 Å². The van der Waals surface area contributed by atoms with Gasteiger partial charge in [-0.05, 0) is 41.5 Å². The fourth-order valence-corrected chi connectivity index (χ4v) is 3.18. The molecule has 27 heavy (non-hydrogen) atoms. The molecule has 0 radical (unpaired) electrons. The summed E-state index contributed by atoms with van der Waals surface area (Å²) in [4.78, 5) is 26.0. The van der Waals surface area contributed by atoms with Crippen molar-refractivity contribution in [2.75, 3.05) is 13.2 Å². The van der Waals surface area contributed by atoms with E-state index in [0.717, 1.165) is 11.1 Å². The number of hydrogen-bond donors (Lipinski definition) is 1. The maximum atomic E-state index is 12.4. The Morgan fingerprint density at radius 2 is 1.89 bits per heavy atom. The fourth-order valence-electron chi connectivity index (χ4n) is 3.05. The average Bonchev–Trinajstić information content (AvgIpc) is 2.66. The minimum atomic E-state index is -0.305. The van der Waals surface area contributed by atoms with E-state index in [1.807, 2.05) is 30.3 Å². The van der Waals surface area contributed by atoms with Crippen molar-refractivity contribution in [2.24, 2.45) is 0 Å². The lowest BCUT2D eigenvalue weighted by Crippen LogP contribution is -2.36. The van der Waals surface area contributed by atoms with Gasteiger partial charge in [0.2, 0.25) is 11.8 Å². The molecule has 2 aromatic rings. The molecule has 5 nitrogen and oxygen atoms in total. The monoisotopic (exact) mass is 384 g/mol. The van der Waals surface area contributed by atoms with E-state index in [-0.39, 0.29) is 24.3 Å². The number of fused-ring (bicyclic) bond motifs is 1. The van der Waals surface area contributed by atoms with Crippen LogP contribution in [0.4, 0.5) is 0 Å². The Bertz CT molecular complexity index is 849. The molecule has 2 aromatic carbocycles. The number of halogens is 1. The lowest BCUT2D eigenvalue weighted by molar-refractivity contribution is -0.130. The van der Waals surface area contributed by atoms with Gasteiger partial charge in [-0.3, -0.25) is 9.59 Å². The molecule has 140 valence electrons. The minimum Gasteiger partial charge on any atom is -0.492 e. The van der Waals surface area contributed by atoms with Gasteiger partial charge in [0.25, 0.3) is 0 Å². The molecule has 1 unspecified atom stereocenters. The maximum absolute atomic E-state index is 12.4. The zero-order valence-electron chi connectivity index (χ0n) is 15.0. The molecular weight excluding hydrogens is 364 g/mol. The van der Waals surface area contributed by atoms with E-state index in [1.165, 1.54) is 6.92 Å². The predicted molar refractivity (Wildman–Crippen MR) is 105 cm³/mol. The van der Waals surface area contributed by atoms with Gasteiger partial charge in [0.15, 0.2) is 0 Å². The topological polar surface area (TPSA) is 58.6 Å². The average molecular weight is 385 g/mol. The van der Waals surface area contributed by atoms with Gasteiger partial charge in [0.05, 0.1) is 19.0 Å². The van der Waals surface area contributed by atoms with E-state index in [9.17, 15) is 9.59 Å². The largest absolute Gasteiger partial charge is 0.492 e. The fraction of sp³-hybridized carbons (Fsp3) is 0.238. The predicted octanol–water partition coefficient (Wildman–Crippen LogP) is 3.80. The van der Waals surface area contributed by atoms with Crippen LogP contribution in [0.3, 0.4) is 0 Å². The molecule has 1 aliphatic rings. The Kier molecular flexibility index (Phi) is 6.14. The molecule has 6 heteroatoms. The molecule has 0 aromatic heterocycles. The Balaban J connectivity index is 1.55. The molecule has 0 fully saturated rings. The number of benzene rings is 2. The van der Waals surface area contributed by atoms with Gasteiger partial charge in [0, 0.05) is 18.1 Å². The summed E-state index contributed by atoms with van der Waals surface area (Å²) >= 11 is 5.83. The number of carbonyl (C=O) groups excluding carboxylic acids is 2. The Labute approximate surface area is 163 Å². The number of hydrogen-bond acceptors (Lipinski definition) is 3. The van der Waals surface area contributed by atoms with Gasteiger partial charge in [-0.25, -0.2) is 0 Å². The Morgan fingerprint density at radius 1 is 1.15 bits per heavy atom. The van der Waals surface area contributed by atoms with Gasteiger partial charge in [-0.1, -0.05) is 35.9 Å². The lowest BCUT2D eigenvalue weighted by atomic mass is 9.93. The third-order valence-corrected chi connectivity index (χ3v) is 4.61. The summed E-state index contributed by atoms with van der Waals surface area (Å²) in [5.41, 5.74) is 2.00. The summed E-state index contributed by atoms with van der Waals surface area (Å²) in [6, 6.07) is 14.5. The number of amides is 2. The van der Waals surface area contributed by atoms with Crippen molar-refractivity contribution in [3.05, 3.63) is 70.9 Å². The summed E-state index contributed by atoms with van der Waals surface area (Å²) in [6.45, 7) is 2.24. The second kappa shape index (κ2) is 8.73. The lowest BCUT2D eigenvalue weighted by Gasteiger charge is -2.32. The maximum Gasteiger partial charge on any atom is 0.223 e. The van der Waals surface area contributed by atoms with E-state index in [1.54, 1.807) is 35.4 Å². The molecular formula is C21H21ClN2O3. The van der Waals surface area contributed by atoms with Crippen LogP contribution >= 0.6 is 11.6 Å². The SMILES string of the molecule is CC(=O)N1C=Cc2ccccc2C1CC(=O)NCCOc1ccc(Cl)cc1. The summed E-state index contributed by atoms with van der Waals surface area (Å²) in [6.07, 6.45) is 3.83. The summed E-state index contributed by atoms with van der Waals surface area (Å²) < 4.78 is 5.57. The first-order chi connectivity index (χ1) is 13.0. The molecule has 0 saturated heterocycles. The highest BCUT2D eigenvalue weighted by Crippen LogP contribution is 2.32. The van der Waals surface area contributed by atoms with Crippen LogP contribution in [0.1, 0.15) is 30.5 Å². The quantitative estimate of drug-likeness (QED) is 0.770. The smallest absolute Gasteiger partial charge is 0.223 e. The molecule has 3 rings (SSSR count). The van der Waals surface area contributed by atoms with Crippen LogP contribution in [-0.4, -0.2) is 29.9 Å². The molecule has 1 aliphatic heterocycles. The second-order valence-electron chi connectivity index (χ2n) is 6.24. The molecule has 1 heterocycles. The molecule has 1 atom stereocenters. The van der Waals surface area contributed by atoms with Gasteiger partial charge in [0.1, 0.15) is 12.4 Å². The number of carbonyl (C=O) groups is 2. The van der Waals surface area contributed by atoms with Crippen molar-refractivity contribution in [3.63, 3.8) is 0 Å². The van der Waals surface area contributed by atoms with Crippen LogP contribution in [0.5, 0.6) is 5.75 Å². The van der Waals surface area contributed by atoms with Crippen LogP contribution in [0.2, 0.25) is 5.02 Å². The van der Waals surface area contributed by atoms with E-state index in [2.05, 4.69) is 5.32 Å². The number of nitrogens with zero attached hydrogens (tertiary/aromatic N) is 1. The van der Waals surface area contributed by atoms with Crippen molar-refractivity contribution in [3.8, 4) is 5.75 Å². The Hall–Kier alpha value is -2.79. The van der Waals surface area contributed by atoms with Crippen molar-refractivity contribution in [2.45, 2.75) is 19.4 Å². The number of ether oxygens (including phenoxy) is 1. The van der Waals surface area contributed by atoms with Crippen LogP contribution in [0, 0.1) is 0 Å². The zero-order chi connectivity index (χ0) is 19.2. The highest BCUT2D eigenvalue weighted by molar-refractivity contribution is 6.30. The molecule has 0 bridgehead atoms. The number of nitrogens with one attached hydrogen (secondary N) is 1. The number of rotatable bonds is 6. The third kappa shape index (κ3) is 4.89. The zero-order valence-corrected chi connectivity index (χ0v) is 15.8. The standard InChI is InChI=1S/C21H21ClN2O3/c1-15(25)24-12-10-16-4-2-3-5-19(16)20(24)14-21(26)23-11-13-27-18-8-6-17(22)7-9-18/h2-10,12,20H,11,13-14H2,1H3,(H,23,26). The normalized spacial score (nSPS) is 15.2. The Morgan fingerprint density at radius 3 is 2.63 bits per heavy atom. The first-order valence-corrected chi connectivity index (χ1v) is 9.13. The second-order valence-corrected chi connectivity index (χ2v) is 6.68. The first kappa shape index (κ1) is 19.0. The molecule has 2 amide bonds. The third-order valence-electron chi connectivity index (χ3n) is 4.35. The van der Waals surface area contributed by atoms with Crippen molar-refractivity contribution >= 4 is 29.5 Å². The minimum absolute atomic E-state index is 0.0929. The van der Waals surface area contributed by atoms with Crippen molar-refractivity contribution in [1.29, 1.82) is 0 Å². The van der Waals surface area contributed by atoms with Crippen LogP contribution in [0.25, 0.3) is 6.08 Å². The van der Waals surface area contributed by atoms with Crippen LogP contribution < -0.4 is 10.1 Å². The molecule has 0 saturated carbocycles. The van der Waals surface area contributed by atoms with Crippen LogP contribution in [0.15, 0.2) is 54.7 Å². The van der Waals surface area contributed by atoms with Crippen molar-refractivity contribution in [1.82, 2.24) is 10.2 Å². The summed E-state index contributed by atoms with van der Waals surface area (Å²) in [5, 5.41) is 3.50. The van der Waals surface area contributed by atoms with Crippen molar-refractivity contribution < 1.29 is 14.3 Å². The van der Waals surface area contributed by atoms with Gasteiger partial charge >= 0.3 is 0 Å². The summed E-state index contributed by atoms with van der Waals surface area (Å²) in [7, 11) is 0. The van der Waals surface area contributed by atoms with E-state index >= 15 is 0 Å².